The number of amides is 1. The quantitative estimate of drug-likeness (QED) is 0.903. The monoisotopic (exact) mass is 326 g/mol. The van der Waals surface area contributed by atoms with Crippen LogP contribution in [-0.2, 0) is 11.3 Å². The second kappa shape index (κ2) is 7.42. The number of halogens is 2. The molecule has 2 N–H and O–H groups in total. The first kappa shape index (κ1) is 17.2. The highest BCUT2D eigenvalue weighted by Crippen LogP contribution is 2.36. The Hall–Kier alpha value is -1.13. The van der Waals surface area contributed by atoms with Crippen molar-refractivity contribution in [1.82, 2.24) is 4.90 Å². The standard InChI is InChI=1S/C17H23FN2O.ClH/c18-14-5-1-3-12(9-14)11-20(15-7-8-15)17(21)16-6-2-4-13(16)10-19;/h1,3,5,9,13,15-16H,2,4,6-8,10-11,19H2;1H/t13-,16-;/m1./s1. The minimum atomic E-state index is -0.239. The molecule has 1 aromatic rings. The van der Waals surface area contributed by atoms with E-state index < -0.39 is 0 Å². The maximum Gasteiger partial charge on any atom is 0.226 e. The second-order valence-electron chi connectivity index (χ2n) is 6.36. The zero-order valence-corrected chi connectivity index (χ0v) is 13.5. The van der Waals surface area contributed by atoms with Crippen LogP contribution < -0.4 is 5.73 Å². The fraction of sp³-hybridized carbons (Fsp3) is 0.588. The van der Waals surface area contributed by atoms with Crippen molar-refractivity contribution in [2.24, 2.45) is 17.6 Å². The molecule has 2 saturated carbocycles. The number of nitrogens with two attached hydrogens (primary N) is 1. The van der Waals surface area contributed by atoms with Crippen LogP contribution in [0.2, 0.25) is 0 Å². The van der Waals surface area contributed by atoms with Gasteiger partial charge in [-0.05, 0) is 55.8 Å². The summed E-state index contributed by atoms with van der Waals surface area (Å²) < 4.78 is 13.3. The molecule has 0 heterocycles. The SMILES string of the molecule is Cl.NC[C@H]1CCC[C@H]1C(=O)N(Cc1cccc(F)c1)C1CC1. The summed E-state index contributed by atoms with van der Waals surface area (Å²) in [5.74, 6) is 0.390. The maximum atomic E-state index is 13.3. The van der Waals surface area contributed by atoms with E-state index in [0.717, 1.165) is 37.7 Å². The van der Waals surface area contributed by atoms with Gasteiger partial charge in [0, 0.05) is 18.5 Å². The van der Waals surface area contributed by atoms with Gasteiger partial charge in [-0.1, -0.05) is 18.6 Å². The van der Waals surface area contributed by atoms with E-state index in [1.54, 1.807) is 6.07 Å². The van der Waals surface area contributed by atoms with Crippen molar-refractivity contribution in [3.63, 3.8) is 0 Å². The largest absolute Gasteiger partial charge is 0.335 e. The summed E-state index contributed by atoms with van der Waals surface area (Å²) in [6.07, 6.45) is 5.25. The van der Waals surface area contributed by atoms with Crippen LogP contribution in [0.4, 0.5) is 4.39 Å². The average molecular weight is 327 g/mol. The van der Waals surface area contributed by atoms with E-state index in [4.69, 9.17) is 5.73 Å². The predicted molar refractivity (Wildman–Crippen MR) is 87.1 cm³/mol. The third-order valence-corrected chi connectivity index (χ3v) is 4.79. The van der Waals surface area contributed by atoms with Gasteiger partial charge in [-0.2, -0.15) is 0 Å². The van der Waals surface area contributed by atoms with Gasteiger partial charge >= 0.3 is 0 Å². The van der Waals surface area contributed by atoms with E-state index in [0.29, 0.717) is 25.0 Å². The highest BCUT2D eigenvalue weighted by Gasteiger charge is 2.40. The summed E-state index contributed by atoms with van der Waals surface area (Å²) in [5.41, 5.74) is 6.68. The van der Waals surface area contributed by atoms with E-state index >= 15 is 0 Å². The molecule has 5 heteroatoms. The molecule has 1 amide bonds. The molecule has 0 spiro atoms. The molecule has 22 heavy (non-hydrogen) atoms. The molecule has 2 aliphatic carbocycles. The fourth-order valence-electron chi connectivity index (χ4n) is 3.46. The third kappa shape index (κ3) is 3.79. The van der Waals surface area contributed by atoms with E-state index in [2.05, 4.69) is 0 Å². The van der Waals surface area contributed by atoms with Gasteiger partial charge in [0.05, 0.1) is 0 Å². The van der Waals surface area contributed by atoms with Gasteiger partial charge < -0.3 is 10.6 Å². The minimum absolute atomic E-state index is 0. The first-order chi connectivity index (χ1) is 10.2. The van der Waals surface area contributed by atoms with Crippen LogP contribution in [0.25, 0.3) is 0 Å². The lowest BCUT2D eigenvalue weighted by Crippen LogP contribution is -2.40. The smallest absolute Gasteiger partial charge is 0.226 e. The van der Waals surface area contributed by atoms with Crippen molar-refractivity contribution < 1.29 is 9.18 Å². The zero-order chi connectivity index (χ0) is 14.8. The molecular formula is C17H24ClFN2O. The molecule has 0 bridgehead atoms. The number of carbonyl (C=O) groups excluding carboxylic acids is 1. The molecule has 3 nitrogen and oxygen atoms in total. The van der Waals surface area contributed by atoms with Crippen LogP contribution in [0.5, 0.6) is 0 Å². The van der Waals surface area contributed by atoms with Gasteiger partial charge in [0.15, 0.2) is 0 Å². The van der Waals surface area contributed by atoms with E-state index in [1.165, 1.54) is 12.1 Å². The Morgan fingerprint density at radius 3 is 2.68 bits per heavy atom. The van der Waals surface area contributed by atoms with Crippen LogP contribution >= 0.6 is 12.4 Å². The molecule has 1 aromatic carbocycles. The molecule has 0 saturated heterocycles. The zero-order valence-electron chi connectivity index (χ0n) is 12.7. The summed E-state index contributed by atoms with van der Waals surface area (Å²) in [5, 5.41) is 0. The first-order valence-electron chi connectivity index (χ1n) is 7.94. The van der Waals surface area contributed by atoms with Crippen molar-refractivity contribution in [3.8, 4) is 0 Å². The van der Waals surface area contributed by atoms with Crippen LogP contribution in [-0.4, -0.2) is 23.4 Å². The molecule has 122 valence electrons. The van der Waals surface area contributed by atoms with Gasteiger partial charge in [-0.25, -0.2) is 4.39 Å². The van der Waals surface area contributed by atoms with Gasteiger partial charge in [0.25, 0.3) is 0 Å². The Labute approximate surface area is 137 Å². The number of hydrogen-bond acceptors (Lipinski definition) is 2. The topological polar surface area (TPSA) is 46.3 Å². The normalized spacial score (nSPS) is 23.9. The van der Waals surface area contributed by atoms with E-state index in [-0.39, 0.29) is 30.0 Å². The Morgan fingerprint density at radius 1 is 1.27 bits per heavy atom. The molecule has 0 aromatic heterocycles. The summed E-state index contributed by atoms with van der Waals surface area (Å²) in [4.78, 5) is 14.8. The number of rotatable bonds is 5. The van der Waals surface area contributed by atoms with Crippen LogP contribution in [0.1, 0.15) is 37.7 Å². The van der Waals surface area contributed by atoms with Crippen LogP contribution in [0.3, 0.4) is 0 Å². The van der Waals surface area contributed by atoms with Gasteiger partial charge in [0.1, 0.15) is 5.82 Å². The molecule has 0 aliphatic heterocycles. The minimum Gasteiger partial charge on any atom is -0.335 e. The summed E-state index contributed by atoms with van der Waals surface area (Å²) >= 11 is 0. The molecule has 3 rings (SSSR count). The van der Waals surface area contributed by atoms with Crippen LogP contribution in [0.15, 0.2) is 24.3 Å². The van der Waals surface area contributed by atoms with E-state index in [9.17, 15) is 9.18 Å². The fourth-order valence-corrected chi connectivity index (χ4v) is 3.46. The number of nitrogens with zero attached hydrogens (tertiary/aromatic N) is 1. The van der Waals surface area contributed by atoms with Crippen molar-refractivity contribution in [2.75, 3.05) is 6.54 Å². The highest BCUT2D eigenvalue weighted by molar-refractivity contribution is 5.85. The van der Waals surface area contributed by atoms with Crippen molar-refractivity contribution >= 4 is 18.3 Å². The molecule has 2 aliphatic rings. The Balaban J connectivity index is 0.00000176. The summed E-state index contributed by atoms with van der Waals surface area (Å²) in [7, 11) is 0. The number of hydrogen-bond donors (Lipinski definition) is 1. The number of carbonyl (C=O) groups is 1. The predicted octanol–water partition coefficient (Wildman–Crippen LogP) is 3.11. The number of benzene rings is 1. The summed E-state index contributed by atoms with van der Waals surface area (Å²) in [6, 6.07) is 6.91. The van der Waals surface area contributed by atoms with Gasteiger partial charge in [-0.15, -0.1) is 12.4 Å². The van der Waals surface area contributed by atoms with E-state index in [1.807, 2.05) is 11.0 Å². The summed E-state index contributed by atoms with van der Waals surface area (Å²) in [6.45, 7) is 1.12. The Bertz CT molecular complexity index is 521. The van der Waals surface area contributed by atoms with Gasteiger partial charge in [0.2, 0.25) is 5.91 Å². The van der Waals surface area contributed by atoms with Crippen molar-refractivity contribution in [3.05, 3.63) is 35.6 Å². The highest BCUT2D eigenvalue weighted by atomic mass is 35.5. The molecule has 2 fully saturated rings. The lowest BCUT2D eigenvalue weighted by Gasteiger charge is -2.28. The van der Waals surface area contributed by atoms with Gasteiger partial charge in [-0.3, -0.25) is 4.79 Å². The average Bonchev–Trinajstić information content (AvgIpc) is 3.20. The Kier molecular flexibility index (Phi) is 5.81. The first-order valence-corrected chi connectivity index (χ1v) is 7.94. The second-order valence-corrected chi connectivity index (χ2v) is 6.36. The molecular weight excluding hydrogens is 303 g/mol. The Morgan fingerprint density at radius 2 is 2.05 bits per heavy atom. The lowest BCUT2D eigenvalue weighted by atomic mass is 9.94. The van der Waals surface area contributed by atoms with Crippen molar-refractivity contribution in [1.29, 1.82) is 0 Å². The molecule has 0 radical (unpaired) electrons. The molecule has 2 atom stereocenters. The molecule has 0 unspecified atom stereocenters. The third-order valence-electron chi connectivity index (χ3n) is 4.79. The maximum absolute atomic E-state index is 13.3. The van der Waals surface area contributed by atoms with Crippen molar-refractivity contribution in [2.45, 2.75) is 44.7 Å². The van der Waals surface area contributed by atoms with Crippen LogP contribution in [0, 0.1) is 17.7 Å². The lowest BCUT2D eigenvalue weighted by molar-refractivity contribution is -0.137.